The minimum Gasteiger partial charge on any atom is -0.493 e. The van der Waals surface area contributed by atoms with E-state index in [4.69, 9.17) is 21.5 Å². The molecule has 0 amide bonds. The number of ether oxygens (including phenoxy) is 1. The van der Waals surface area contributed by atoms with Crippen LogP contribution in [-0.4, -0.2) is 20.8 Å². The first-order valence-corrected chi connectivity index (χ1v) is 7.39. The van der Waals surface area contributed by atoms with E-state index in [1.54, 1.807) is 24.3 Å². The highest BCUT2D eigenvalue weighted by Crippen LogP contribution is 2.17. The van der Waals surface area contributed by atoms with Crippen molar-refractivity contribution in [1.82, 2.24) is 0 Å². The Kier molecular flexibility index (Phi) is 5.24. The number of sulfonamides is 1. The summed E-state index contributed by atoms with van der Waals surface area (Å²) in [5.74, 6) is 0.514. The molecule has 0 bridgehead atoms. The highest BCUT2D eigenvalue weighted by molar-refractivity contribution is 7.89. The molecular formula is C11H16ClNO3S. The molecule has 0 aromatic heterocycles. The molecule has 0 heterocycles. The van der Waals surface area contributed by atoms with Crippen molar-refractivity contribution < 1.29 is 13.2 Å². The van der Waals surface area contributed by atoms with Crippen LogP contribution in [0.25, 0.3) is 0 Å². The summed E-state index contributed by atoms with van der Waals surface area (Å²) in [5, 5.41) is 5.63. The van der Waals surface area contributed by atoms with E-state index in [0.29, 0.717) is 23.8 Å². The number of nitrogens with two attached hydrogens (primary N) is 1. The number of rotatable bonds is 6. The smallest absolute Gasteiger partial charge is 0.209 e. The van der Waals surface area contributed by atoms with Gasteiger partial charge in [0.05, 0.1) is 12.4 Å². The lowest BCUT2D eigenvalue weighted by Crippen LogP contribution is -2.26. The van der Waals surface area contributed by atoms with Gasteiger partial charge in [0.25, 0.3) is 0 Å². The van der Waals surface area contributed by atoms with Gasteiger partial charge in [-0.15, -0.1) is 0 Å². The molecule has 0 saturated carbocycles. The van der Waals surface area contributed by atoms with Crippen LogP contribution in [0.15, 0.2) is 24.3 Å². The Morgan fingerprint density at radius 1 is 1.35 bits per heavy atom. The number of primary sulfonamides is 1. The third-order valence-electron chi connectivity index (χ3n) is 2.34. The van der Waals surface area contributed by atoms with E-state index >= 15 is 0 Å². The molecule has 1 unspecified atom stereocenters. The van der Waals surface area contributed by atoms with E-state index in [2.05, 4.69) is 0 Å². The van der Waals surface area contributed by atoms with Crippen LogP contribution in [0.5, 0.6) is 5.75 Å². The lowest BCUT2D eigenvalue weighted by molar-refractivity contribution is 0.257. The molecule has 0 radical (unpaired) electrons. The quantitative estimate of drug-likeness (QED) is 0.865. The summed E-state index contributed by atoms with van der Waals surface area (Å²) in [5.41, 5.74) is 0. The first kappa shape index (κ1) is 14.3. The van der Waals surface area contributed by atoms with Gasteiger partial charge in [-0.2, -0.15) is 0 Å². The lowest BCUT2D eigenvalue weighted by atomic mass is 10.1. The van der Waals surface area contributed by atoms with Gasteiger partial charge >= 0.3 is 0 Å². The average molecular weight is 278 g/mol. The van der Waals surface area contributed by atoms with Crippen LogP contribution in [0.3, 0.4) is 0 Å². The molecule has 0 aliphatic carbocycles. The Balaban J connectivity index is 2.50. The Morgan fingerprint density at radius 3 is 2.41 bits per heavy atom. The van der Waals surface area contributed by atoms with Gasteiger partial charge in [-0.05, 0) is 30.7 Å². The van der Waals surface area contributed by atoms with Gasteiger partial charge in [-0.3, -0.25) is 0 Å². The summed E-state index contributed by atoms with van der Waals surface area (Å²) >= 11 is 5.74. The van der Waals surface area contributed by atoms with Crippen LogP contribution < -0.4 is 9.88 Å². The molecule has 1 rings (SSSR count). The molecule has 1 aromatic rings. The van der Waals surface area contributed by atoms with Crippen molar-refractivity contribution >= 4 is 21.6 Å². The molecule has 4 nitrogen and oxygen atoms in total. The van der Waals surface area contributed by atoms with Crippen LogP contribution in [-0.2, 0) is 10.0 Å². The Morgan fingerprint density at radius 2 is 1.94 bits per heavy atom. The second kappa shape index (κ2) is 6.23. The van der Waals surface area contributed by atoms with E-state index in [-0.39, 0.29) is 11.7 Å². The van der Waals surface area contributed by atoms with Crippen molar-refractivity contribution in [2.75, 3.05) is 12.4 Å². The van der Waals surface area contributed by atoms with E-state index in [1.807, 2.05) is 6.92 Å². The molecule has 1 aromatic carbocycles. The Hall–Kier alpha value is -0.780. The summed E-state index contributed by atoms with van der Waals surface area (Å²) in [6.07, 6.45) is 0.698. The van der Waals surface area contributed by atoms with Crippen LogP contribution in [0.2, 0.25) is 5.02 Å². The van der Waals surface area contributed by atoms with Gasteiger partial charge in [-0.25, -0.2) is 13.6 Å². The zero-order chi connectivity index (χ0) is 12.9. The van der Waals surface area contributed by atoms with E-state index in [0.717, 1.165) is 0 Å². The van der Waals surface area contributed by atoms with Crippen molar-refractivity contribution in [3.05, 3.63) is 29.3 Å². The summed E-state index contributed by atoms with van der Waals surface area (Å²) in [6.45, 7) is 2.23. The summed E-state index contributed by atoms with van der Waals surface area (Å²) in [6, 6.07) is 6.92. The summed E-state index contributed by atoms with van der Waals surface area (Å²) in [7, 11) is -3.45. The van der Waals surface area contributed by atoms with Gasteiger partial charge in [-0.1, -0.05) is 18.5 Å². The van der Waals surface area contributed by atoms with Gasteiger partial charge in [0.2, 0.25) is 10.0 Å². The van der Waals surface area contributed by atoms with Crippen molar-refractivity contribution in [3.63, 3.8) is 0 Å². The maximum Gasteiger partial charge on any atom is 0.209 e. The molecule has 6 heteroatoms. The molecule has 1 atom stereocenters. The lowest BCUT2D eigenvalue weighted by Gasteiger charge is -2.14. The van der Waals surface area contributed by atoms with Gasteiger partial charge in [0.1, 0.15) is 5.75 Å². The molecule has 2 N–H and O–H groups in total. The number of halogens is 1. The van der Waals surface area contributed by atoms with E-state index < -0.39 is 10.0 Å². The number of benzene rings is 1. The number of hydrogen-bond acceptors (Lipinski definition) is 3. The monoisotopic (exact) mass is 277 g/mol. The van der Waals surface area contributed by atoms with E-state index in [9.17, 15) is 8.42 Å². The molecule has 0 aliphatic heterocycles. The molecule has 0 saturated heterocycles. The van der Waals surface area contributed by atoms with Crippen molar-refractivity contribution in [2.24, 2.45) is 11.1 Å². The average Bonchev–Trinajstić information content (AvgIpc) is 2.25. The Labute approximate surface area is 107 Å². The molecule has 0 spiro atoms. The molecule has 0 aliphatic rings. The van der Waals surface area contributed by atoms with Crippen LogP contribution in [0.4, 0.5) is 0 Å². The van der Waals surface area contributed by atoms with Crippen LogP contribution >= 0.6 is 11.6 Å². The normalized spacial score (nSPS) is 13.4. The second-order valence-electron chi connectivity index (χ2n) is 3.87. The predicted octanol–water partition coefficient (Wildman–Crippen LogP) is 2.03. The zero-order valence-electron chi connectivity index (χ0n) is 9.60. The predicted molar refractivity (Wildman–Crippen MR) is 68.7 cm³/mol. The largest absolute Gasteiger partial charge is 0.493 e. The number of hydrogen-bond donors (Lipinski definition) is 1. The second-order valence-corrected chi connectivity index (χ2v) is 5.96. The fraction of sp³-hybridized carbons (Fsp3) is 0.455. The van der Waals surface area contributed by atoms with Crippen molar-refractivity contribution in [1.29, 1.82) is 0 Å². The molecular weight excluding hydrogens is 262 g/mol. The van der Waals surface area contributed by atoms with Gasteiger partial charge in [0.15, 0.2) is 0 Å². The third kappa shape index (κ3) is 5.91. The molecule has 96 valence electrons. The first-order valence-electron chi connectivity index (χ1n) is 5.29. The Bertz CT molecular complexity index is 444. The maximum atomic E-state index is 11.0. The van der Waals surface area contributed by atoms with Crippen molar-refractivity contribution in [2.45, 2.75) is 13.3 Å². The van der Waals surface area contributed by atoms with Gasteiger partial charge < -0.3 is 4.74 Å². The minimum absolute atomic E-state index is 0.0584. The topological polar surface area (TPSA) is 69.4 Å². The third-order valence-corrected chi connectivity index (χ3v) is 3.53. The standard InChI is InChI=1S/C11H16ClNO3S/c1-2-9(8-17(13,14)15)7-16-11-5-3-10(12)4-6-11/h3-6,9H,2,7-8H2,1H3,(H2,13,14,15). The highest BCUT2D eigenvalue weighted by atomic mass is 35.5. The first-order chi connectivity index (χ1) is 7.90. The van der Waals surface area contributed by atoms with Gasteiger partial charge in [0, 0.05) is 10.9 Å². The SMILES string of the molecule is CCC(COc1ccc(Cl)cc1)CS(N)(=O)=O. The fourth-order valence-electron chi connectivity index (χ4n) is 1.36. The summed E-state index contributed by atoms with van der Waals surface area (Å²) in [4.78, 5) is 0. The van der Waals surface area contributed by atoms with Crippen LogP contribution in [0, 0.1) is 5.92 Å². The molecule has 0 fully saturated rings. The maximum absolute atomic E-state index is 11.0. The minimum atomic E-state index is -3.45. The van der Waals surface area contributed by atoms with Crippen LogP contribution in [0.1, 0.15) is 13.3 Å². The van der Waals surface area contributed by atoms with E-state index in [1.165, 1.54) is 0 Å². The zero-order valence-corrected chi connectivity index (χ0v) is 11.2. The highest BCUT2D eigenvalue weighted by Gasteiger charge is 2.14. The molecule has 17 heavy (non-hydrogen) atoms. The fourth-order valence-corrected chi connectivity index (χ4v) is 2.47. The summed E-state index contributed by atoms with van der Waals surface area (Å²) < 4.78 is 27.4. The van der Waals surface area contributed by atoms with Crippen molar-refractivity contribution in [3.8, 4) is 5.75 Å².